The molecule has 0 unspecified atom stereocenters. The number of carbonyl (C=O) groups is 2. The molecule has 0 spiro atoms. The van der Waals surface area contributed by atoms with Crippen molar-refractivity contribution >= 4 is 11.9 Å². The molecule has 0 saturated heterocycles. The zero-order valence-corrected chi connectivity index (χ0v) is 10.6. The molecule has 0 radical (unpaired) electrons. The number of methoxy groups -OCH3 is 1. The second-order valence-corrected chi connectivity index (χ2v) is 3.60. The number of carbonyl (C=O) groups excluding carboxylic acids is 2. The van der Waals surface area contributed by atoms with Crippen molar-refractivity contribution in [2.24, 2.45) is 11.7 Å². The van der Waals surface area contributed by atoms with E-state index in [4.69, 9.17) is 10.5 Å². The molecular weight excluding hydrogens is 222 g/mol. The summed E-state index contributed by atoms with van der Waals surface area (Å²) in [5.41, 5.74) is 6.36. The third-order valence-electron chi connectivity index (χ3n) is 2.02. The third kappa shape index (κ3) is 5.19. The Labute approximate surface area is 101 Å². The molecule has 96 valence electrons. The van der Waals surface area contributed by atoms with Gasteiger partial charge in [0.2, 0.25) is 0 Å². The summed E-state index contributed by atoms with van der Waals surface area (Å²) >= 11 is 0. The largest absolute Gasteiger partial charge is 0.466 e. The van der Waals surface area contributed by atoms with Crippen LogP contribution in [0.1, 0.15) is 20.8 Å². The number of rotatable bonds is 5. The van der Waals surface area contributed by atoms with Crippen LogP contribution in [0.3, 0.4) is 0 Å². The van der Waals surface area contributed by atoms with E-state index in [1.807, 2.05) is 13.8 Å². The van der Waals surface area contributed by atoms with Gasteiger partial charge in [-0.15, -0.1) is 0 Å². The van der Waals surface area contributed by atoms with Crippen molar-refractivity contribution in [1.82, 2.24) is 0 Å². The van der Waals surface area contributed by atoms with Gasteiger partial charge in [-0.3, -0.25) is 0 Å². The van der Waals surface area contributed by atoms with Crippen LogP contribution in [0.2, 0.25) is 0 Å². The van der Waals surface area contributed by atoms with Crippen molar-refractivity contribution in [2.75, 3.05) is 13.7 Å². The van der Waals surface area contributed by atoms with Gasteiger partial charge in [0.15, 0.2) is 0 Å². The van der Waals surface area contributed by atoms with Crippen molar-refractivity contribution in [3.63, 3.8) is 0 Å². The van der Waals surface area contributed by atoms with Crippen LogP contribution in [0.15, 0.2) is 23.4 Å². The van der Waals surface area contributed by atoms with E-state index in [0.717, 1.165) is 6.08 Å². The number of nitrogens with two attached hydrogens (primary N) is 1. The summed E-state index contributed by atoms with van der Waals surface area (Å²) in [6, 6.07) is 0. The molecule has 17 heavy (non-hydrogen) atoms. The highest BCUT2D eigenvalue weighted by Gasteiger charge is 2.14. The Bertz CT molecular complexity index is 342. The van der Waals surface area contributed by atoms with Gasteiger partial charge in [-0.1, -0.05) is 13.8 Å². The zero-order chi connectivity index (χ0) is 13.4. The second-order valence-electron chi connectivity index (χ2n) is 3.60. The Hall–Kier alpha value is -1.78. The lowest BCUT2D eigenvalue weighted by Gasteiger charge is -2.10. The average Bonchev–Trinajstić information content (AvgIpc) is 2.28. The van der Waals surface area contributed by atoms with Crippen LogP contribution in [0.5, 0.6) is 0 Å². The van der Waals surface area contributed by atoms with Crippen molar-refractivity contribution < 1.29 is 19.1 Å². The van der Waals surface area contributed by atoms with Gasteiger partial charge >= 0.3 is 11.9 Å². The van der Waals surface area contributed by atoms with Gasteiger partial charge in [-0.05, 0) is 18.9 Å². The molecule has 0 aliphatic rings. The van der Waals surface area contributed by atoms with Gasteiger partial charge in [-0.2, -0.15) is 0 Å². The Morgan fingerprint density at radius 2 is 1.88 bits per heavy atom. The smallest absolute Gasteiger partial charge is 0.339 e. The summed E-state index contributed by atoms with van der Waals surface area (Å²) in [5.74, 6) is -1.11. The van der Waals surface area contributed by atoms with E-state index in [2.05, 4.69) is 4.74 Å². The van der Waals surface area contributed by atoms with Gasteiger partial charge in [-0.25, -0.2) is 9.59 Å². The maximum Gasteiger partial charge on any atom is 0.339 e. The lowest BCUT2D eigenvalue weighted by atomic mass is 10.0. The molecule has 0 aliphatic heterocycles. The first kappa shape index (κ1) is 15.2. The standard InChI is InChI=1S/C12H19NO4/c1-5-17-12(15)9(11(13)8(2)3)6-7-10(14)16-4/h6-8H,5,13H2,1-4H3. The maximum absolute atomic E-state index is 11.6. The van der Waals surface area contributed by atoms with Crippen molar-refractivity contribution in [3.8, 4) is 0 Å². The summed E-state index contributed by atoms with van der Waals surface area (Å²) in [5, 5.41) is 0. The molecule has 0 bridgehead atoms. The minimum atomic E-state index is -0.552. The molecule has 2 N–H and O–H groups in total. The molecule has 0 aromatic heterocycles. The predicted molar refractivity (Wildman–Crippen MR) is 63.8 cm³/mol. The highest BCUT2D eigenvalue weighted by molar-refractivity contribution is 5.94. The Morgan fingerprint density at radius 1 is 1.29 bits per heavy atom. The molecule has 0 fully saturated rings. The van der Waals surface area contributed by atoms with Crippen molar-refractivity contribution in [2.45, 2.75) is 20.8 Å². The topological polar surface area (TPSA) is 78.6 Å². The summed E-state index contributed by atoms with van der Waals surface area (Å²) in [6.45, 7) is 5.64. The molecule has 5 heteroatoms. The molecule has 5 nitrogen and oxygen atoms in total. The minimum absolute atomic E-state index is 0.0169. The van der Waals surface area contributed by atoms with E-state index in [9.17, 15) is 9.59 Å². The van der Waals surface area contributed by atoms with Gasteiger partial charge in [0, 0.05) is 11.8 Å². The molecule has 0 saturated carbocycles. The van der Waals surface area contributed by atoms with Crippen molar-refractivity contribution in [1.29, 1.82) is 0 Å². The summed E-state index contributed by atoms with van der Waals surface area (Å²) in [4.78, 5) is 22.6. The van der Waals surface area contributed by atoms with Crippen LogP contribution in [-0.2, 0) is 19.1 Å². The zero-order valence-electron chi connectivity index (χ0n) is 10.6. The lowest BCUT2D eigenvalue weighted by Crippen LogP contribution is -2.16. The van der Waals surface area contributed by atoms with Crippen LogP contribution < -0.4 is 5.73 Å². The highest BCUT2D eigenvalue weighted by atomic mass is 16.5. The van der Waals surface area contributed by atoms with Gasteiger partial charge < -0.3 is 15.2 Å². The van der Waals surface area contributed by atoms with E-state index in [1.54, 1.807) is 6.92 Å². The van der Waals surface area contributed by atoms with Gasteiger partial charge in [0.05, 0.1) is 19.3 Å². The Balaban J connectivity index is 5.13. The molecule has 0 aromatic rings. The number of hydrogen-bond donors (Lipinski definition) is 1. The highest BCUT2D eigenvalue weighted by Crippen LogP contribution is 2.12. The van der Waals surface area contributed by atoms with Crippen LogP contribution in [0.25, 0.3) is 0 Å². The molecule has 0 aromatic carbocycles. The quantitative estimate of drug-likeness (QED) is 0.443. The van der Waals surface area contributed by atoms with E-state index in [-0.39, 0.29) is 18.1 Å². The SMILES string of the molecule is CCOC(=O)C(C=CC(=O)OC)=C(N)C(C)C. The lowest BCUT2D eigenvalue weighted by molar-refractivity contribution is -0.138. The molecule has 0 rings (SSSR count). The summed E-state index contributed by atoms with van der Waals surface area (Å²) in [7, 11) is 1.26. The van der Waals surface area contributed by atoms with E-state index in [0.29, 0.717) is 5.70 Å². The summed E-state index contributed by atoms with van der Waals surface area (Å²) in [6.07, 6.45) is 2.46. The number of hydrogen-bond acceptors (Lipinski definition) is 5. The minimum Gasteiger partial charge on any atom is -0.466 e. The first-order valence-electron chi connectivity index (χ1n) is 5.36. The second kappa shape index (κ2) is 7.49. The van der Waals surface area contributed by atoms with Crippen LogP contribution in [0, 0.1) is 5.92 Å². The average molecular weight is 241 g/mol. The fourth-order valence-corrected chi connectivity index (χ4v) is 1.02. The van der Waals surface area contributed by atoms with Crippen molar-refractivity contribution in [3.05, 3.63) is 23.4 Å². The van der Waals surface area contributed by atoms with Crippen LogP contribution in [0.4, 0.5) is 0 Å². The van der Waals surface area contributed by atoms with E-state index < -0.39 is 11.9 Å². The van der Waals surface area contributed by atoms with E-state index in [1.165, 1.54) is 13.2 Å². The first-order valence-corrected chi connectivity index (χ1v) is 5.36. The molecule has 0 heterocycles. The third-order valence-corrected chi connectivity index (χ3v) is 2.02. The Morgan fingerprint density at radius 3 is 2.29 bits per heavy atom. The molecule has 0 atom stereocenters. The van der Waals surface area contributed by atoms with Crippen LogP contribution >= 0.6 is 0 Å². The monoisotopic (exact) mass is 241 g/mol. The van der Waals surface area contributed by atoms with E-state index >= 15 is 0 Å². The van der Waals surface area contributed by atoms with Gasteiger partial charge in [0.1, 0.15) is 0 Å². The fourth-order valence-electron chi connectivity index (χ4n) is 1.02. The molecular formula is C12H19NO4. The first-order chi connectivity index (χ1) is 7.93. The number of esters is 2. The fraction of sp³-hybridized carbons (Fsp3) is 0.500. The van der Waals surface area contributed by atoms with Gasteiger partial charge in [0.25, 0.3) is 0 Å². The number of allylic oxidation sites excluding steroid dienone is 1. The molecule has 0 amide bonds. The molecule has 0 aliphatic carbocycles. The maximum atomic E-state index is 11.6. The number of ether oxygens (including phenoxy) is 2. The van der Waals surface area contributed by atoms with Crippen LogP contribution in [-0.4, -0.2) is 25.7 Å². The summed E-state index contributed by atoms with van der Waals surface area (Å²) < 4.78 is 9.30. The Kier molecular flexibility index (Phi) is 6.70. The normalized spacial score (nSPS) is 12.5. The predicted octanol–water partition coefficient (Wildman–Crippen LogP) is 1.15.